The van der Waals surface area contributed by atoms with Crippen LogP contribution in [0.15, 0.2) is 97.3 Å². The minimum Gasteiger partial charge on any atom is -0.370 e. The number of anilines is 1. The van der Waals surface area contributed by atoms with Crippen molar-refractivity contribution in [1.29, 1.82) is 0 Å². The predicted molar refractivity (Wildman–Crippen MR) is 160 cm³/mol. The van der Waals surface area contributed by atoms with Gasteiger partial charge in [0.2, 0.25) is 0 Å². The van der Waals surface area contributed by atoms with Gasteiger partial charge in [0.1, 0.15) is 11.6 Å². The van der Waals surface area contributed by atoms with E-state index < -0.39 is 0 Å². The average Bonchev–Trinajstić information content (AvgIpc) is 2.90. The van der Waals surface area contributed by atoms with Crippen molar-refractivity contribution < 1.29 is 4.39 Å². The molecule has 3 rings (SSSR count). The summed E-state index contributed by atoms with van der Waals surface area (Å²) in [5.41, 5.74) is 5.21. The zero-order valence-corrected chi connectivity index (χ0v) is 23.2. The van der Waals surface area contributed by atoms with Gasteiger partial charge in [-0.3, -0.25) is 4.98 Å². The first kappa shape index (κ1) is 31.5. The monoisotopic (exact) mass is 502 g/mol. The minimum absolute atomic E-state index is 0.273. The summed E-state index contributed by atoms with van der Waals surface area (Å²) in [5, 5.41) is 7.69. The van der Waals surface area contributed by atoms with Gasteiger partial charge in [-0.2, -0.15) is 0 Å². The lowest BCUT2D eigenvalue weighted by Crippen LogP contribution is -2.15. The lowest BCUT2D eigenvalue weighted by atomic mass is 10.1. The van der Waals surface area contributed by atoms with Crippen molar-refractivity contribution in [3.63, 3.8) is 0 Å². The van der Waals surface area contributed by atoms with Crippen LogP contribution in [-0.2, 0) is 0 Å². The normalized spacial score (nSPS) is 10.2. The molecule has 0 bridgehead atoms. The Hall–Kier alpha value is -3.57. The third-order valence-corrected chi connectivity index (χ3v) is 5.14. The van der Waals surface area contributed by atoms with E-state index in [9.17, 15) is 4.39 Å². The highest BCUT2D eigenvalue weighted by Gasteiger charge is 2.10. The fourth-order valence-electron chi connectivity index (χ4n) is 3.17. The summed E-state index contributed by atoms with van der Waals surface area (Å²) in [5.74, 6) is 0.522. The maximum atomic E-state index is 13.6. The van der Waals surface area contributed by atoms with Crippen molar-refractivity contribution in [3.05, 3.63) is 103 Å². The van der Waals surface area contributed by atoms with Gasteiger partial charge in [-0.1, -0.05) is 82.0 Å². The van der Waals surface area contributed by atoms with Gasteiger partial charge in [0.15, 0.2) is 0 Å². The number of benzene rings is 1. The van der Waals surface area contributed by atoms with E-state index in [0.29, 0.717) is 5.69 Å². The first-order valence-electron chi connectivity index (χ1n) is 13.0. The molecule has 5 heteroatoms. The number of nitrogens with zero attached hydrogens (tertiary/aromatic N) is 2. The summed E-state index contributed by atoms with van der Waals surface area (Å²) < 4.78 is 13.6. The Labute approximate surface area is 223 Å². The fourth-order valence-corrected chi connectivity index (χ4v) is 3.17. The first-order valence-corrected chi connectivity index (χ1v) is 13.0. The Balaban J connectivity index is 0.000000483. The molecule has 3 aromatic rings. The number of halogens is 1. The molecule has 0 radical (unpaired) electrons. The van der Waals surface area contributed by atoms with Gasteiger partial charge in [0, 0.05) is 23.7 Å². The van der Waals surface area contributed by atoms with Crippen molar-refractivity contribution in [2.45, 2.75) is 47.5 Å². The Kier molecular flexibility index (Phi) is 15.1. The van der Waals surface area contributed by atoms with Gasteiger partial charge >= 0.3 is 0 Å². The Morgan fingerprint density at radius 3 is 2.35 bits per heavy atom. The zero-order valence-electron chi connectivity index (χ0n) is 23.2. The molecule has 198 valence electrons. The van der Waals surface area contributed by atoms with E-state index in [1.54, 1.807) is 12.3 Å². The molecule has 0 saturated heterocycles. The van der Waals surface area contributed by atoms with Crippen LogP contribution in [0.25, 0.3) is 22.2 Å². The van der Waals surface area contributed by atoms with Gasteiger partial charge in [0.25, 0.3) is 0 Å². The highest BCUT2D eigenvalue weighted by Crippen LogP contribution is 2.28. The molecule has 0 aliphatic carbocycles. The summed E-state index contributed by atoms with van der Waals surface area (Å²) in [7, 11) is 0. The molecule has 0 amide bonds. The highest BCUT2D eigenvalue weighted by molar-refractivity contribution is 5.93. The van der Waals surface area contributed by atoms with Crippen LogP contribution in [0.4, 0.5) is 10.2 Å². The first-order chi connectivity index (χ1) is 17.8. The molecular formula is C32H43FN4. The average molecular weight is 503 g/mol. The number of hydrogen-bond acceptors (Lipinski definition) is 4. The number of fused-ring (bicyclic) bond motifs is 1. The second kappa shape index (κ2) is 17.8. The third-order valence-electron chi connectivity index (χ3n) is 5.14. The van der Waals surface area contributed by atoms with Crippen molar-refractivity contribution in [1.82, 2.24) is 15.3 Å². The standard InChI is InChI=1S/C20H23FN4.C10H14.C2H6/c1-2-22-10-3-4-11-23-18-14-16-8-6-12-24-19(16)20(25-18)15-7-5-9-17(21)13-15;1-8(2)6-7-10(5)9(3)4;1-2/h5-9,12-14,22H,2-4,10-11H2,1H3,(H,23,25);6-7H,1,3,5H2,2,4H3;1-2H3/b;7-6-;. The largest absolute Gasteiger partial charge is 0.370 e. The third kappa shape index (κ3) is 11.8. The van der Waals surface area contributed by atoms with E-state index in [-0.39, 0.29) is 5.82 Å². The highest BCUT2D eigenvalue weighted by atomic mass is 19.1. The van der Waals surface area contributed by atoms with Crippen molar-refractivity contribution in [2.75, 3.05) is 25.0 Å². The Morgan fingerprint density at radius 1 is 0.973 bits per heavy atom. The second-order valence-corrected chi connectivity index (χ2v) is 8.41. The van der Waals surface area contributed by atoms with Gasteiger partial charge in [-0.05, 0) is 69.6 Å². The molecule has 0 spiro atoms. The SMILES string of the molecule is C=C(C)/C=C\C(=C)C(=C)C.CC.CCNCCCCNc1cc2cccnc2c(-c2cccc(F)c2)n1. The molecule has 1 aromatic carbocycles. The molecule has 0 fully saturated rings. The quantitative estimate of drug-likeness (QED) is 0.204. The lowest BCUT2D eigenvalue weighted by molar-refractivity contribution is 0.628. The van der Waals surface area contributed by atoms with Crippen molar-refractivity contribution >= 4 is 16.7 Å². The molecule has 2 N–H and O–H groups in total. The Bertz CT molecular complexity index is 1180. The number of aromatic nitrogens is 2. The van der Waals surface area contributed by atoms with Gasteiger partial charge < -0.3 is 10.6 Å². The zero-order chi connectivity index (χ0) is 27.6. The molecular weight excluding hydrogens is 459 g/mol. The van der Waals surface area contributed by atoms with Gasteiger partial charge in [-0.15, -0.1) is 0 Å². The number of rotatable bonds is 11. The van der Waals surface area contributed by atoms with Crippen LogP contribution in [0.5, 0.6) is 0 Å². The molecule has 37 heavy (non-hydrogen) atoms. The van der Waals surface area contributed by atoms with Crippen LogP contribution < -0.4 is 10.6 Å². The summed E-state index contributed by atoms with van der Waals surface area (Å²) >= 11 is 0. The number of allylic oxidation sites excluding steroid dienone is 5. The van der Waals surface area contributed by atoms with E-state index in [1.807, 2.05) is 64.1 Å². The summed E-state index contributed by atoms with van der Waals surface area (Å²) in [6, 6.07) is 12.4. The predicted octanol–water partition coefficient (Wildman–Crippen LogP) is 8.51. The van der Waals surface area contributed by atoms with E-state index >= 15 is 0 Å². The van der Waals surface area contributed by atoms with E-state index in [1.165, 1.54) is 12.1 Å². The molecule has 0 aliphatic heterocycles. The molecule has 0 aliphatic rings. The van der Waals surface area contributed by atoms with E-state index in [4.69, 9.17) is 4.98 Å². The van der Waals surface area contributed by atoms with Crippen LogP contribution in [0.3, 0.4) is 0 Å². The summed E-state index contributed by atoms with van der Waals surface area (Å²) in [4.78, 5) is 9.13. The van der Waals surface area contributed by atoms with Crippen LogP contribution in [-0.4, -0.2) is 29.6 Å². The van der Waals surface area contributed by atoms with Crippen LogP contribution in [0.2, 0.25) is 0 Å². The molecule has 2 aromatic heterocycles. The molecule has 2 heterocycles. The Morgan fingerprint density at radius 2 is 1.70 bits per heavy atom. The van der Waals surface area contributed by atoms with Crippen molar-refractivity contribution in [2.24, 2.45) is 0 Å². The van der Waals surface area contributed by atoms with Crippen LogP contribution >= 0.6 is 0 Å². The fraction of sp³-hybridized carbons (Fsp3) is 0.312. The number of pyridine rings is 2. The maximum absolute atomic E-state index is 13.6. The molecule has 0 saturated carbocycles. The van der Waals surface area contributed by atoms with Crippen LogP contribution in [0, 0.1) is 5.82 Å². The minimum atomic E-state index is -0.273. The van der Waals surface area contributed by atoms with E-state index in [0.717, 1.165) is 71.5 Å². The molecule has 0 unspecified atom stereocenters. The molecule has 0 atom stereocenters. The molecule has 4 nitrogen and oxygen atoms in total. The second-order valence-electron chi connectivity index (χ2n) is 8.41. The van der Waals surface area contributed by atoms with Gasteiger partial charge in [-0.25, -0.2) is 9.37 Å². The topological polar surface area (TPSA) is 49.8 Å². The summed E-state index contributed by atoms with van der Waals surface area (Å²) in [6.45, 7) is 24.2. The van der Waals surface area contributed by atoms with E-state index in [2.05, 4.69) is 42.3 Å². The van der Waals surface area contributed by atoms with Crippen molar-refractivity contribution in [3.8, 4) is 11.3 Å². The van der Waals surface area contributed by atoms with Crippen LogP contribution in [0.1, 0.15) is 47.5 Å². The number of hydrogen-bond donors (Lipinski definition) is 2. The number of nitrogens with one attached hydrogen (secondary N) is 2. The van der Waals surface area contributed by atoms with Gasteiger partial charge in [0.05, 0.1) is 11.2 Å². The number of unbranched alkanes of at least 4 members (excludes halogenated alkanes) is 1. The maximum Gasteiger partial charge on any atom is 0.127 e. The summed E-state index contributed by atoms with van der Waals surface area (Å²) in [6.07, 6.45) is 7.77. The smallest absolute Gasteiger partial charge is 0.127 e. The lowest BCUT2D eigenvalue weighted by Gasteiger charge is -2.11.